The van der Waals surface area contributed by atoms with Gasteiger partial charge in [-0.05, 0) is 74.0 Å². The fourth-order valence-electron chi connectivity index (χ4n) is 1.95. The molecule has 0 radical (unpaired) electrons. The predicted octanol–water partition coefficient (Wildman–Crippen LogP) is 5.72. The molecule has 112 valence electrons. The van der Waals surface area contributed by atoms with Gasteiger partial charge in [0.05, 0.1) is 14.5 Å². The lowest BCUT2D eigenvalue weighted by atomic mass is 10.0. The Bertz CT molecular complexity index is 631. The summed E-state index contributed by atoms with van der Waals surface area (Å²) in [5, 5.41) is 9.62. The Morgan fingerprint density at radius 3 is 2.05 bits per heavy atom. The molecular weight excluding hydrogens is 413 g/mol. The quantitative estimate of drug-likeness (QED) is 0.669. The van der Waals surface area contributed by atoms with Crippen LogP contribution in [0.15, 0.2) is 45.3 Å². The molecule has 0 fully saturated rings. The summed E-state index contributed by atoms with van der Waals surface area (Å²) in [6.45, 7) is 0. The van der Waals surface area contributed by atoms with Crippen LogP contribution in [0, 0.1) is 0 Å². The van der Waals surface area contributed by atoms with Gasteiger partial charge in [0.15, 0.2) is 0 Å². The topological polar surface area (TPSA) is 20.2 Å². The van der Waals surface area contributed by atoms with Gasteiger partial charge in [0.2, 0.25) is 0 Å². The number of hydrogen-bond acceptors (Lipinski definition) is 1. The lowest BCUT2D eigenvalue weighted by molar-refractivity contribution is -0.137. The second-order valence-electron chi connectivity index (χ2n) is 4.61. The molecule has 0 saturated heterocycles. The number of hydrogen-bond donors (Lipinski definition) is 1. The highest BCUT2D eigenvalue weighted by Gasteiger charge is 2.30. The average Bonchev–Trinajstić information content (AvgIpc) is 2.42. The van der Waals surface area contributed by atoms with Gasteiger partial charge in [-0.2, -0.15) is 13.2 Å². The van der Waals surface area contributed by atoms with Crippen LogP contribution >= 0.6 is 31.9 Å². The maximum absolute atomic E-state index is 12.6. The standard InChI is InChI=1S/C15H11Br2F3O/c16-12-7-10(8-13(17)14(12)21)5-4-9-2-1-3-11(6-9)15(18,19)20/h1-3,6-8,21H,4-5H2. The molecule has 0 aliphatic rings. The Morgan fingerprint density at radius 1 is 0.905 bits per heavy atom. The highest BCUT2D eigenvalue weighted by molar-refractivity contribution is 9.11. The number of alkyl halides is 3. The van der Waals surface area contributed by atoms with E-state index in [0.29, 0.717) is 27.4 Å². The van der Waals surface area contributed by atoms with E-state index < -0.39 is 11.7 Å². The summed E-state index contributed by atoms with van der Waals surface area (Å²) >= 11 is 6.46. The summed E-state index contributed by atoms with van der Waals surface area (Å²) in [5.41, 5.74) is 0.919. The van der Waals surface area contributed by atoms with Gasteiger partial charge < -0.3 is 5.11 Å². The molecule has 0 saturated carbocycles. The van der Waals surface area contributed by atoms with Gasteiger partial charge in [0.25, 0.3) is 0 Å². The second-order valence-corrected chi connectivity index (χ2v) is 6.31. The van der Waals surface area contributed by atoms with Crippen LogP contribution in [0.3, 0.4) is 0 Å². The monoisotopic (exact) mass is 422 g/mol. The van der Waals surface area contributed by atoms with Crippen molar-refractivity contribution < 1.29 is 18.3 Å². The third-order valence-corrected chi connectivity index (χ3v) is 4.24. The molecule has 6 heteroatoms. The Balaban J connectivity index is 2.14. The molecule has 0 bridgehead atoms. The Morgan fingerprint density at radius 2 is 1.48 bits per heavy atom. The fraction of sp³-hybridized carbons (Fsp3) is 0.200. The average molecular weight is 424 g/mol. The number of rotatable bonds is 3. The van der Waals surface area contributed by atoms with Crippen molar-refractivity contribution in [3.8, 4) is 5.75 Å². The van der Waals surface area contributed by atoms with Crippen LogP contribution in [-0.2, 0) is 19.0 Å². The molecule has 2 aromatic carbocycles. The van der Waals surface area contributed by atoms with Gasteiger partial charge in [-0.3, -0.25) is 0 Å². The normalized spacial score (nSPS) is 11.7. The maximum atomic E-state index is 12.6. The van der Waals surface area contributed by atoms with Crippen LogP contribution in [0.2, 0.25) is 0 Å². The fourth-order valence-corrected chi connectivity index (χ4v) is 3.24. The van der Waals surface area contributed by atoms with Gasteiger partial charge in [-0.25, -0.2) is 0 Å². The molecule has 0 spiro atoms. The van der Waals surface area contributed by atoms with Crippen LogP contribution in [0.25, 0.3) is 0 Å². The van der Waals surface area contributed by atoms with E-state index in [-0.39, 0.29) is 5.75 Å². The van der Waals surface area contributed by atoms with E-state index in [9.17, 15) is 18.3 Å². The van der Waals surface area contributed by atoms with Crippen molar-refractivity contribution in [3.05, 3.63) is 62.0 Å². The molecular formula is C15H11Br2F3O. The number of phenolic OH excluding ortho intramolecular Hbond substituents is 1. The van der Waals surface area contributed by atoms with E-state index in [1.807, 2.05) is 0 Å². The first-order valence-corrected chi connectivity index (χ1v) is 7.69. The summed E-state index contributed by atoms with van der Waals surface area (Å²) < 4.78 is 39.0. The smallest absolute Gasteiger partial charge is 0.416 e. The molecule has 0 heterocycles. The molecule has 0 amide bonds. The molecule has 0 aliphatic heterocycles. The predicted molar refractivity (Wildman–Crippen MR) is 82.4 cm³/mol. The highest BCUT2D eigenvalue weighted by atomic mass is 79.9. The zero-order chi connectivity index (χ0) is 15.6. The third kappa shape index (κ3) is 4.23. The van der Waals surface area contributed by atoms with Gasteiger partial charge in [0.1, 0.15) is 5.75 Å². The molecule has 2 rings (SSSR count). The van der Waals surface area contributed by atoms with Crippen LogP contribution in [0.1, 0.15) is 16.7 Å². The molecule has 0 unspecified atom stereocenters. The van der Waals surface area contributed by atoms with Crippen molar-refractivity contribution in [2.45, 2.75) is 19.0 Å². The summed E-state index contributed by atoms with van der Waals surface area (Å²) in [4.78, 5) is 0. The number of aryl methyl sites for hydroxylation is 2. The third-order valence-electron chi connectivity index (χ3n) is 3.03. The van der Waals surface area contributed by atoms with E-state index in [2.05, 4.69) is 31.9 Å². The molecule has 1 nitrogen and oxygen atoms in total. The number of benzene rings is 2. The molecule has 2 aromatic rings. The first kappa shape index (κ1) is 16.4. The van der Waals surface area contributed by atoms with Crippen LogP contribution in [0.4, 0.5) is 13.2 Å². The number of aromatic hydroxyl groups is 1. The molecule has 0 aromatic heterocycles. The second kappa shape index (κ2) is 6.40. The van der Waals surface area contributed by atoms with E-state index in [0.717, 1.165) is 11.6 Å². The summed E-state index contributed by atoms with van der Waals surface area (Å²) in [7, 11) is 0. The van der Waals surface area contributed by atoms with Gasteiger partial charge in [0, 0.05) is 0 Å². The maximum Gasteiger partial charge on any atom is 0.416 e. The first-order valence-electron chi connectivity index (χ1n) is 6.10. The highest BCUT2D eigenvalue weighted by Crippen LogP contribution is 2.34. The summed E-state index contributed by atoms with van der Waals surface area (Å²) in [6, 6.07) is 8.85. The van der Waals surface area contributed by atoms with E-state index in [4.69, 9.17) is 0 Å². The minimum Gasteiger partial charge on any atom is -0.506 e. The largest absolute Gasteiger partial charge is 0.506 e. The lowest BCUT2D eigenvalue weighted by Gasteiger charge is -2.09. The van der Waals surface area contributed by atoms with Crippen molar-refractivity contribution in [1.29, 1.82) is 0 Å². The van der Waals surface area contributed by atoms with Crippen LogP contribution in [0.5, 0.6) is 5.75 Å². The SMILES string of the molecule is Oc1c(Br)cc(CCc2cccc(C(F)(F)F)c2)cc1Br. The number of halogens is 5. The van der Waals surface area contributed by atoms with Gasteiger partial charge in [-0.15, -0.1) is 0 Å². The molecule has 0 aliphatic carbocycles. The Hall–Kier alpha value is -1.01. The van der Waals surface area contributed by atoms with E-state index in [1.165, 1.54) is 12.1 Å². The summed E-state index contributed by atoms with van der Waals surface area (Å²) in [5.74, 6) is 0.109. The van der Waals surface area contributed by atoms with Crippen molar-refractivity contribution in [2.75, 3.05) is 0 Å². The molecule has 21 heavy (non-hydrogen) atoms. The zero-order valence-corrected chi connectivity index (χ0v) is 13.9. The van der Waals surface area contributed by atoms with Crippen LogP contribution < -0.4 is 0 Å². The van der Waals surface area contributed by atoms with Gasteiger partial charge in [-0.1, -0.05) is 18.2 Å². The van der Waals surface area contributed by atoms with Crippen molar-refractivity contribution in [3.63, 3.8) is 0 Å². The summed E-state index contributed by atoms with van der Waals surface area (Å²) in [6.07, 6.45) is -3.24. The Kier molecular flexibility index (Phi) is 4.99. The van der Waals surface area contributed by atoms with E-state index >= 15 is 0 Å². The van der Waals surface area contributed by atoms with E-state index in [1.54, 1.807) is 18.2 Å². The lowest BCUT2D eigenvalue weighted by Crippen LogP contribution is -2.05. The minimum atomic E-state index is -4.32. The van der Waals surface area contributed by atoms with Crippen molar-refractivity contribution in [1.82, 2.24) is 0 Å². The van der Waals surface area contributed by atoms with Crippen molar-refractivity contribution >= 4 is 31.9 Å². The van der Waals surface area contributed by atoms with Crippen LogP contribution in [-0.4, -0.2) is 5.11 Å². The first-order chi connectivity index (χ1) is 9.77. The van der Waals surface area contributed by atoms with Crippen molar-refractivity contribution in [2.24, 2.45) is 0 Å². The number of phenols is 1. The minimum absolute atomic E-state index is 0.109. The zero-order valence-electron chi connectivity index (χ0n) is 10.7. The molecule has 0 atom stereocenters. The van der Waals surface area contributed by atoms with Gasteiger partial charge >= 0.3 is 6.18 Å². The Labute approximate surface area is 137 Å². The molecule has 1 N–H and O–H groups in total.